The van der Waals surface area contributed by atoms with Crippen LogP contribution in [0.1, 0.15) is 25.6 Å². The van der Waals surface area contributed by atoms with Crippen LogP contribution in [-0.4, -0.2) is 12.6 Å². The maximum atomic E-state index is 3.53. The smallest absolute Gasteiger partial charge is 0.0412 e. The van der Waals surface area contributed by atoms with E-state index < -0.39 is 0 Å². The minimum Gasteiger partial charge on any atom is -0.311 e. The van der Waals surface area contributed by atoms with Crippen molar-refractivity contribution in [3.05, 3.63) is 26.4 Å². The van der Waals surface area contributed by atoms with E-state index in [4.69, 9.17) is 0 Å². The molecule has 14 heavy (non-hydrogen) atoms. The second kappa shape index (κ2) is 5.69. The Bertz CT molecular complexity index is 317. The van der Waals surface area contributed by atoms with Crippen molar-refractivity contribution >= 4 is 33.3 Å². The first-order valence-corrected chi connectivity index (χ1v) is 6.47. The van der Waals surface area contributed by atoms with Gasteiger partial charge in [0.25, 0.3) is 0 Å². The van der Waals surface area contributed by atoms with Gasteiger partial charge in [-0.3, -0.25) is 0 Å². The summed E-state index contributed by atoms with van der Waals surface area (Å²) in [5, 5.41) is 5.50. The van der Waals surface area contributed by atoms with Crippen molar-refractivity contribution in [1.82, 2.24) is 5.32 Å². The Balaban J connectivity index is 2.73. The zero-order valence-electron chi connectivity index (χ0n) is 8.80. The second-order valence-electron chi connectivity index (χ2n) is 3.30. The van der Waals surface area contributed by atoms with E-state index in [2.05, 4.69) is 59.5 Å². The molecule has 0 spiro atoms. The van der Waals surface area contributed by atoms with Gasteiger partial charge in [-0.15, -0.1) is 11.3 Å². The fourth-order valence-electron chi connectivity index (χ4n) is 1.21. The molecule has 1 nitrogen and oxygen atoms in total. The third-order valence-corrected chi connectivity index (χ3v) is 4.01. The van der Waals surface area contributed by atoms with Crippen molar-refractivity contribution in [3.63, 3.8) is 0 Å². The Morgan fingerprint density at radius 2 is 2.43 bits per heavy atom. The fourth-order valence-corrected chi connectivity index (χ4v) is 2.69. The maximum absolute atomic E-state index is 3.53. The molecule has 1 N–H and O–H groups in total. The molecular weight excluding hydrogens is 258 g/mol. The van der Waals surface area contributed by atoms with Crippen molar-refractivity contribution in [2.45, 2.75) is 26.8 Å². The van der Waals surface area contributed by atoms with Gasteiger partial charge in [0.15, 0.2) is 0 Å². The standard InChI is InChI=1S/C11H16BrNS/c1-4-13-9(3)8(2)7-11-10(12)5-6-14-11/h5-7,9,13H,4H2,1-3H3/b8-7+. The fraction of sp³-hybridized carbons (Fsp3) is 0.455. The molecule has 0 radical (unpaired) electrons. The Morgan fingerprint density at radius 1 is 1.71 bits per heavy atom. The van der Waals surface area contributed by atoms with Crippen LogP contribution in [0.4, 0.5) is 0 Å². The van der Waals surface area contributed by atoms with Crippen molar-refractivity contribution in [1.29, 1.82) is 0 Å². The lowest BCUT2D eigenvalue weighted by Crippen LogP contribution is -2.26. The van der Waals surface area contributed by atoms with Gasteiger partial charge in [0.2, 0.25) is 0 Å². The zero-order valence-corrected chi connectivity index (χ0v) is 11.2. The molecule has 1 atom stereocenters. The van der Waals surface area contributed by atoms with Crippen LogP contribution in [0, 0.1) is 0 Å². The van der Waals surface area contributed by atoms with E-state index >= 15 is 0 Å². The van der Waals surface area contributed by atoms with E-state index in [1.54, 1.807) is 11.3 Å². The number of nitrogens with one attached hydrogen (secondary N) is 1. The van der Waals surface area contributed by atoms with E-state index in [9.17, 15) is 0 Å². The van der Waals surface area contributed by atoms with Gasteiger partial charge < -0.3 is 5.32 Å². The van der Waals surface area contributed by atoms with Gasteiger partial charge >= 0.3 is 0 Å². The highest BCUT2D eigenvalue weighted by molar-refractivity contribution is 9.10. The molecule has 0 aliphatic carbocycles. The molecule has 0 fully saturated rings. The van der Waals surface area contributed by atoms with E-state index in [-0.39, 0.29) is 0 Å². The van der Waals surface area contributed by atoms with Gasteiger partial charge in [-0.1, -0.05) is 12.5 Å². The summed E-state index contributed by atoms with van der Waals surface area (Å²) in [6.07, 6.45) is 2.24. The average Bonchev–Trinajstić information content (AvgIpc) is 2.52. The lowest BCUT2D eigenvalue weighted by atomic mass is 10.1. The van der Waals surface area contributed by atoms with Crippen molar-refractivity contribution < 1.29 is 0 Å². The van der Waals surface area contributed by atoms with Crippen LogP contribution in [0.15, 0.2) is 21.5 Å². The summed E-state index contributed by atoms with van der Waals surface area (Å²) in [6.45, 7) is 7.50. The van der Waals surface area contributed by atoms with Gasteiger partial charge in [-0.2, -0.15) is 0 Å². The molecule has 78 valence electrons. The Labute approximate surface area is 98.4 Å². The second-order valence-corrected chi connectivity index (χ2v) is 5.10. The lowest BCUT2D eigenvalue weighted by Gasteiger charge is -2.12. The van der Waals surface area contributed by atoms with Gasteiger partial charge in [0.05, 0.1) is 0 Å². The predicted octanol–water partition coefficient (Wildman–Crippen LogP) is 3.91. The predicted molar refractivity (Wildman–Crippen MR) is 68.8 cm³/mol. The van der Waals surface area contributed by atoms with Crippen molar-refractivity contribution in [3.8, 4) is 0 Å². The summed E-state index contributed by atoms with van der Waals surface area (Å²) < 4.78 is 1.19. The Kier molecular flexibility index (Phi) is 4.85. The topological polar surface area (TPSA) is 12.0 Å². The van der Waals surface area contributed by atoms with E-state index in [1.165, 1.54) is 14.9 Å². The van der Waals surface area contributed by atoms with Crippen molar-refractivity contribution in [2.75, 3.05) is 6.54 Å². The average molecular weight is 274 g/mol. The van der Waals surface area contributed by atoms with Crippen LogP contribution in [0.25, 0.3) is 6.08 Å². The van der Waals surface area contributed by atoms with Crippen LogP contribution < -0.4 is 5.32 Å². The van der Waals surface area contributed by atoms with Crippen LogP contribution in [-0.2, 0) is 0 Å². The van der Waals surface area contributed by atoms with Crippen LogP contribution in [0.2, 0.25) is 0 Å². The highest BCUT2D eigenvalue weighted by Crippen LogP contribution is 2.25. The van der Waals surface area contributed by atoms with Gasteiger partial charge in [0, 0.05) is 15.4 Å². The molecule has 1 heterocycles. The molecule has 0 aromatic carbocycles. The molecule has 0 bridgehead atoms. The number of rotatable bonds is 4. The summed E-state index contributed by atoms with van der Waals surface area (Å²) in [7, 11) is 0. The molecule has 1 aromatic heterocycles. The monoisotopic (exact) mass is 273 g/mol. The molecule has 1 aromatic rings. The maximum Gasteiger partial charge on any atom is 0.0412 e. The largest absolute Gasteiger partial charge is 0.311 e. The SMILES string of the molecule is CCNC(C)/C(C)=C/c1sccc1Br. The molecule has 1 unspecified atom stereocenters. The quantitative estimate of drug-likeness (QED) is 0.877. The molecule has 0 saturated carbocycles. The van der Waals surface area contributed by atoms with Crippen LogP contribution in [0.3, 0.4) is 0 Å². The molecule has 1 rings (SSSR count). The first-order chi connectivity index (χ1) is 6.65. The van der Waals surface area contributed by atoms with Crippen molar-refractivity contribution in [2.24, 2.45) is 0 Å². The summed E-state index contributed by atoms with van der Waals surface area (Å²) in [5.41, 5.74) is 1.37. The Morgan fingerprint density at radius 3 is 2.93 bits per heavy atom. The molecule has 0 saturated heterocycles. The van der Waals surface area contributed by atoms with Crippen LogP contribution >= 0.6 is 27.3 Å². The number of likely N-dealkylation sites (N-methyl/N-ethyl adjacent to an activating group) is 1. The number of hydrogen-bond acceptors (Lipinski definition) is 2. The highest BCUT2D eigenvalue weighted by atomic mass is 79.9. The summed E-state index contributed by atoms with van der Waals surface area (Å²) in [5.74, 6) is 0. The normalized spacial score (nSPS) is 14.4. The van der Waals surface area contributed by atoms with E-state index in [0.717, 1.165) is 6.54 Å². The minimum absolute atomic E-state index is 0.453. The first kappa shape index (κ1) is 12.0. The van der Waals surface area contributed by atoms with E-state index in [0.29, 0.717) is 6.04 Å². The minimum atomic E-state index is 0.453. The first-order valence-electron chi connectivity index (χ1n) is 4.79. The summed E-state index contributed by atoms with van der Waals surface area (Å²) in [4.78, 5) is 1.30. The molecule has 0 aliphatic rings. The third kappa shape index (κ3) is 3.23. The van der Waals surface area contributed by atoms with Gasteiger partial charge in [0.1, 0.15) is 0 Å². The summed E-state index contributed by atoms with van der Waals surface area (Å²) >= 11 is 5.29. The number of halogens is 1. The lowest BCUT2D eigenvalue weighted by molar-refractivity contribution is 0.636. The molecule has 3 heteroatoms. The molecular formula is C11H16BrNS. The Hall–Kier alpha value is -0.120. The van der Waals surface area contributed by atoms with Crippen LogP contribution in [0.5, 0.6) is 0 Å². The zero-order chi connectivity index (χ0) is 10.6. The number of hydrogen-bond donors (Lipinski definition) is 1. The molecule has 0 aliphatic heterocycles. The molecule has 0 amide bonds. The van der Waals surface area contributed by atoms with E-state index in [1.807, 2.05) is 0 Å². The number of thiophene rings is 1. The third-order valence-electron chi connectivity index (χ3n) is 2.20. The van der Waals surface area contributed by atoms with Gasteiger partial charge in [-0.05, 0) is 53.8 Å². The highest BCUT2D eigenvalue weighted by Gasteiger charge is 2.03. The van der Waals surface area contributed by atoms with Gasteiger partial charge in [-0.25, -0.2) is 0 Å². The summed E-state index contributed by atoms with van der Waals surface area (Å²) in [6, 6.07) is 2.54.